The first kappa shape index (κ1) is 28.0. The van der Waals surface area contributed by atoms with E-state index in [1.165, 1.54) is 71.2 Å². The van der Waals surface area contributed by atoms with Crippen molar-refractivity contribution < 1.29 is 4.42 Å². The smallest absolute Gasteiger partial charge is 0.135 e. The zero-order valence-electron chi connectivity index (χ0n) is 27.7. The molecule has 6 aromatic carbocycles. The number of nitrogens with zero attached hydrogens (tertiary/aromatic N) is 1. The summed E-state index contributed by atoms with van der Waals surface area (Å²) in [6, 6.07) is 41.2. The molecule has 2 heterocycles. The van der Waals surface area contributed by atoms with Crippen LogP contribution in [0.2, 0.25) is 0 Å². The molecule has 0 amide bonds. The van der Waals surface area contributed by atoms with Gasteiger partial charge in [0.15, 0.2) is 0 Å². The minimum atomic E-state index is 0.247. The SMILES string of the molecule is C1=CC2C3C=CC(c4ccc5oc6c(c5c4)CCC=C6)=CC3N(c3cccc(-c4ccc5c6ccccc6c6ccccc6c5c4)c3)C2C=C1. The molecule has 1 fully saturated rings. The van der Waals surface area contributed by atoms with E-state index in [0.29, 0.717) is 17.9 Å². The van der Waals surface area contributed by atoms with Crippen molar-refractivity contribution in [1.29, 1.82) is 0 Å². The molecule has 4 aliphatic rings. The Morgan fingerprint density at radius 1 is 0.540 bits per heavy atom. The fourth-order valence-corrected chi connectivity index (χ4v) is 9.37. The Balaban J connectivity index is 1.02. The monoisotopic (exact) mass is 641 g/mol. The third-order valence-corrected chi connectivity index (χ3v) is 11.7. The van der Waals surface area contributed by atoms with Crippen LogP contribution in [0.5, 0.6) is 0 Å². The largest absolute Gasteiger partial charge is 0.456 e. The third kappa shape index (κ3) is 4.15. The second kappa shape index (κ2) is 10.8. The minimum absolute atomic E-state index is 0.247. The zero-order chi connectivity index (χ0) is 32.8. The number of aryl methyl sites for hydroxylation is 1. The molecule has 4 atom stereocenters. The molecule has 50 heavy (non-hydrogen) atoms. The number of fused-ring (bicyclic) bond motifs is 12. The maximum atomic E-state index is 6.20. The first-order chi connectivity index (χ1) is 24.8. The summed E-state index contributed by atoms with van der Waals surface area (Å²) in [5, 5.41) is 9.11. The second-order valence-electron chi connectivity index (χ2n) is 14.3. The number of benzene rings is 6. The molecule has 2 nitrogen and oxygen atoms in total. The Morgan fingerprint density at radius 3 is 2.08 bits per heavy atom. The van der Waals surface area contributed by atoms with Crippen LogP contribution in [0.25, 0.3) is 66.1 Å². The lowest BCUT2D eigenvalue weighted by Gasteiger charge is -2.33. The van der Waals surface area contributed by atoms with Crippen molar-refractivity contribution >= 4 is 60.6 Å². The fourth-order valence-electron chi connectivity index (χ4n) is 9.37. The molecule has 0 N–H and O–H groups in total. The van der Waals surface area contributed by atoms with Crippen LogP contribution in [-0.2, 0) is 6.42 Å². The van der Waals surface area contributed by atoms with Crippen molar-refractivity contribution in [2.45, 2.75) is 24.9 Å². The highest BCUT2D eigenvalue weighted by molar-refractivity contribution is 6.25. The summed E-state index contributed by atoms with van der Waals surface area (Å²) < 4.78 is 6.20. The van der Waals surface area contributed by atoms with Gasteiger partial charge in [-0.15, -0.1) is 0 Å². The molecular weight excluding hydrogens is 607 g/mol. The molecule has 1 saturated heterocycles. The lowest BCUT2D eigenvalue weighted by Crippen LogP contribution is -2.37. The number of rotatable bonds is 3. The predicted molar refractivity (Wildman–Crippen MR) is 210 cm³/mol. The van der Waals surface area contributed by atoms with Gasteiger partial charge >= 0.3 is 0 Å². The van der Waals surface area contributed by atoms with Crippen LogP contribution in [0.3, 0.4) is 0 Å². The number of hydrogen-bond acceptors (Lipinski definition) is 2. The van der Waals surface area contributed by atoms with Crippen molar-refractivity contribution in [3.05, 3.63) is 175 Å². The molecule has 1 aromatic heterocycles. The van der Waals surface area contributed by atoms with Crippen molar-refractivity contribution in [3.63, 3.8) is 0 Å². The molecule has 0 radical (unpaired) electrons. The number of allylic oxidation sites excluding steroid dienone is 5. The predicted octanol–water partition coefficient (Wildman–Crippen LogP) is 12.1. The molecule has 7 aromatic rings. The Hall–Kier alpha value is -5.86. The highest BCUT2D eigenvalue weighted by Crippen LogP contribution is 2.47. The van der Waals surface area contributed by atoms with Crippen molar-refractivity contribution in [3.8, 4) is 11.1 Å². The molecule has 1 aliphatic heterocycles. The van der Waals surface area contributed by atoms with Gasteiger partial charge in [0.05, 0.1) is 12.1 Å². The maximum Gasteiger partial charge on any atom is 0.135 e. The van der Waals surface area contributed by atoms with E-state index in [1.54, 1.807) is 0 Å². The standard InChI is InChI=1S/C48H35NO/c1-2-14-37-35(12-1)36-13-3-4-15-38(36)43-27-31(20-23-39(37)43)30-10-9-11-34(26-30)49-45-18-7-5-16-40(45)41-24-21-33(29-46(41)49)32-22-25-48-44(28-32)42-17-6-8-19-47(42)50-48/h1-5,7-16,18-29,40-41,45-46H,6,17H2. The average Bonchev–Trinajstić information content (AvgIpc) is 3.73. The summed E-state index contributed by atoms with van der Waals surface area (Å²) in [4.78, 5) is 2.68. The highest BCUT2D eigenvalue weighted by Gasteiger charge is 2.46. The van der Waals surface area contributed by atoms with Gasteiger partial charge in [-0.1, -0.05) is 127 Å². The quantitative estimate of drug-likeness (QED) is 0.179. The van der Waals surface area contributed by atoms with Crippen molar-refractivity contribution in [1.82, 2.24) is 0 Å². The third-order valence-electron chi connectivity index (χ3n) is 11.7. The van der Waals surface area contributed by atoms with E-state index in [2.05, 4.69) is 169 Å². The number of anilines is 1. The fraction of sp³-hybridized carbons (Fsp3) is 0.125. The maximum absolute atomic E-state index is 6.20. The minimum Gasteiger partial charge on any atom is -0.456 e. The summed E-state index contributed by atoms with van der Waals surface area (Å²) >= 11 is 0. The van der Waals surface area contributed by atoms with Crippen LogP contribution in [0.4, 0.5) is 5.69 Å². The van der Waals surface area contributed by atoms with E-state index in [-0.39, 0.29) is 6.04 Å². The molecule has 238 valence electrons. The molecule has 3 aliphatic carbocycles. The van der Waals surface area contributed by atoms with Crippen molar-refractivity contribution in [2.24, 2.45) is 11.8 Å². The lowest BCUT2D eigenvalue weighted by atomic mass is 9.81. The number of hydrogen-bond donors (Lipinski definition) is 0. The van der Waals surface area contributed by atoms with E-state index in [0.717, 1.165) is 24.2 Å². The molecule has 0 spiro atoms. The normalized spacial score (nSPS) is 22.0. The number of furan rings is 1. The van der Waals surface area contributed by atoms with Crippen LogP contribution in [0, 0.1) is 11.8 Å². The van der Waals surface area contributed by atoms with Gasteiger partial charge in [-0.25, -0.2) is 0 Å². The van der Waals surface area contributed by atoms with Gasteiger partial charge in [0.1, 0.15) is 11.3 Å². The molecular formula is C48H35NO. The highest BCUT2D eigenvalue weighted by atomic mass is 16.3. The molecule has 11 rings (SSSR count). The van der Waals surface area contributed by atoms with Crippen LogP contribution < -0.4 is 4.90 Å². The molecule has 0 saturated carbocycles. The van der Waals surface area contributed by atoms with E-state index in [4.69, 9.17) is 4.42 Å². The molecule has 0 bridgehead atoms. The Labute approximate surface area is 291 Å². The van der Waals surface area contributed by atoms with Gasteiger partial charge in [0.25, 0.3) is 0 Å². The van der Waals surface area contributed by atoms with E-state index >= 15 is 0 Å². The average molecular weight is 642 g/mol. The van der Waals surface area contributed by atoms with Crippen LogP contribution >= 0.6 is 0 Å². The Kier molecular flexibility index (Phi) is 6.07. The van der Waals surface area contributed by atoms with Crippen LogP contribution in [0.1, 0.15) is 23.3 Å². The van der Waals surface area contributed by atoms with Gasteiger partial charge in [-0.05, 0) is 104 Å². The topological polar surface area (TPSA) is 16.4 Å². The summed E-state index contributed by atoms with van der Waals surface area (Å²) in [6.45, 7) is 0. The summed E-state index contributed by atoms with van der Waals surface area (Å²) in [5.74, 6) is 1.86. The van der Waals surface area contributed by atoms with Gasteiger partial charge in [0.2, 0.25) is 0 Å². The summed E-state index contributed by atoms with van der Waals surface area (Å²) in [7, 11) is 0. The van der Waals surface area contributed by atoms with Gasteiger partial charge < -0.3 is 9.32 Å². The van der Waals surface area contributed by atoms with Gasteiger partial charge in [-0.3, -0.25) is 0 Å². The first-order valence-electron chi connectivity index (χ1n) is 18.0. The van der Waals surface area contributed by atoms with E-state index in [9.17, 15) is 0 Å². The van der Waals surface area contributed by atoms with Gasteiger partial charge in [-0.2, -0.15) is 0 Å². The van der Waals surface area contributed by atoms with Crippen LogP contribution in [-0.4, -0.2) is 12.1 Å². The zero-order valence-corrected chi connectivity index (χ0v) is 27.7. The molecule has 4 unspecified atom stereocenters. The van der Waals surface area contributed by atoms with Crippen molar-refractivity contribution in [2.75, 3.05) is 4.90 Å². The van der Waals surface area contributed by atoms with Crippen LogP contribution in [0.15, 0.2) is 162 Å². The van der Waals surface area contributed by atoms with E-state index in [1.807, 2.05) is 0 Å². The Bertz CT molecular complexity index is 2660. The molecule has 2 heteroatoms. The first-order valence-corrected chi connectivity index (χ1v) is 18.0. The summed E-state index contributed by atoms with van der Waals surface area (Å²) in [6.07, 6.45) is 23.1. The summed E-state index contributed by atoms with van der Waals surface area (Å²) in [5.41, 5.74) is 8.64. The lowest BCUT2D eigenvalue weighted by molar-refractivity contribution is 0.528. The van der Waals surface area contributed by atoms with Gasteiger partial charge in [0, 0.05) is 28.5 Å². The Morgan fingerprint density at radius 2 is 1.24 bits per heavy atom. The second-order valence-corrected chi connectivity index (χ2v) is 14.3. The van der Waals surface area contributed by atoms with E-state index < -0.39 is 0 Å².